The standard InChI is InChI=1S/C23H26O5/c1-15-7-8-19(16-5-4-6-18-17(16)9-10-20(18)24)22(21(15)26-3)28-14-23(11-25-2)12-27-13-23/h4-8H,9-14H2,1-3H3. The maximum atomic E-state index is 12.2. The van der Waals surface area contributed by atoms with E-state index in [0.717, 1.165) is 45.7 Å². The molecule has 0 bridgehead atoms. The van der Waals surface area contributed by atoms with E-state index in [1.165, 1.54) is 0 Å². The summed E-state index contributed by atoms with van der Waals surface area (Å²) in [5.41, 5.74) is 4.81. The predicted molar refractivity (Wildman–Crippen MR) is 106 cm³/mol. The number of benzene rings is 2. The highest BCUT2D eigenvalue weighted by Crippen LogP contribution is 2.44. The van der Waals surface area contributed by atoms with Crippen LogP contribution in [0.3, 0.4) is 0 Å². The first-order valence-electron chi connectivity index (χ1n) is 9.61. The molecule has 0 unspecified atom stereocenters. The molecule has 1 heterocycles. The van der Waals surface area contributed by atoms with Crippen LogP contribution in [0.5, 0.6) is 11.5 Å². The summed E-state index contributed by atoms with van der Waals surface area (Å²) < 4.78 is 22.9. The summed E-state index contributed by atoms with van der Waals surface area (Å²) in [6.45, 7) is 4.33. The Hall–Kier alpha value is -2.37. The molecular formula is C23H26O5. The Labute approximate surface area is 165 Å². The van der Waals surface area contributed by atoms with Crippen molar-refractivity contribution in [2.75, 3.05) is 40.6 Å². The Morgan fingerprint density at radius 2 is 1.75 bits per heavy atom. The molecule has 1 aliphatic carbocycles. The molecule has 0 amide bonds. The zero-order valence-corrected chi connectivity index (χ0v) is 16.7. The molecule has 1 aliphatic heterocycles. The normalized spacial score (nSPS) is 17.2. The fraction of sp³-hybridized carbons (Fsp3) is 0.435. The van der Waals surface area contributed by atoms with E-state index in [1.807, 2.05) is 25.1 Å². The molecule has 1 saturated heterocycles. The van der Waals surface area contributed by atoms with Crippen LogP contribution in [0.2, 0.25) is 0 Å². The first-order valence-corrected chi connectivity index (χ1v) is 9.61. The van der Waals surface area contributed by atoms with E-state index in [0.29, 0.717) is 32.8 Å². The lowest BCUT2D eigenvalue weighted by atomic mass is 9.88. The van der Waals surface area contributed by atoms with Crippen LogP contribution in [0, 0.1) is 12.3 Å². The van der Waals surface area contributed by atoms with Crippen molar-refractivity contribution in [2.24, 2.45) is 5.41 Å². The molecule has 4 rings (SSSR count). The number of carbonyl (C=O) groups is 1. The molecule has 2 aromatic rings. The van der Waals surface area contributed by atoms with Gasteiger partial charge in [-0.15, -0.1) is 0 Å². The minimum Gasteiger partial charge on any atom is -0.493 e. The monoisotopic (exact) mass is 382 g/mol. The Kier molecular flexibility index (Phi) is 5.13. The van der Waals surface area contributed by atoms with Gasteiger partial charge in [-0.1, -0.05) is 30.3 Å². The number of hydrogen-bond acceptors (Lipinski definition) is 5. The van der Waals surface area contributed by atoms with E-state index >= 15 is 0 Å². The number of ketones is 1. The predicted octanol–water partition coefficient (Wildman–Crippen LogP) is 3.84. The topological polar surface area (TPSA) is 54.0 Å². The third-order valence-corrected chi connectivity index (χ3v) is 5.67. The molecule has 1 fully saturated rings. The second-order valence-electron chi connectivity index (χ2n) is 7.76. The van der Waals surface area contributed by atoms with Crippen LogP contribution in [0.4, 0.5) is 0 Å². The van der Waals surface area contributed by atoms with Gasteiger partial charge in [0, 0.05) is 24.7 Å². The first-order chi connectivity index (χ1) is 13.6. The van der Waals surface area contributed by atoms with Crippen LogP contribution in [-0.4, -0.2) is 46.4 Å². The minimum atomic E-state index is -0.130. The zero-order valence-electron chi connectivity index (χ0n) is 16.7. The highest BCUT2D eigenvalue weighted by molar-refractivity contribution is 6.02. The molecule has 2 aliphatic rings. The second kappa shape index (κ2) is 7.57. The summed E-state index contributed by atoms with van der Waals surface area (Å²) in [6.07, 6.45) is 1.33. The van der Waals surface area contributed by atoms with E-state index < -0.39 is 0 Å². The number of carbonyl (C=O) groups excluding carboxylic acids is 1. The van der Waals surface area contributed by atoms with E-state index in [2.05, 4.69) is 12.1 Å². The molecule has 5 heteroatoms. The Balaban J connectivity index is 1.76. The van der Waals surface area contributed by atoms with Crippen LogP contribution in [0.25, 0.3) is 11.1 Å². The molecule has 2 aromatic carbocycles. The van der Waals surface area contributed by atoms with E-state index in [-0.39, 0.29) is 11.2 Å². The average molecular weight is 382 g/mol. The molecule has 0 saturated carbocycles. The van der Waals surface area contributed by atoms with Crippen molar-refractivity contribution >= 4 is 5.78 Å². The fourth-order valence-corrected chi connectivity index (χ4v) is 4.14. The Morgan fingerprint density at radius 1 is 0.964 bits per heavy atom. The van der Waals surface area contributed by atoms with Gasteiger partial charge in [0.2, 0.25) is 0 Å². The van der Waals surface area contributed by atoms with Crippen molar-refractivity contribution in [1.82, 2.24) is 0 Å². The number of aryl methyl sites for hydroxylation is 1. The zero-order chi connectivity index (χ0) is 19.7. The van der Waals surface area contributed by atoms with E-state index in [9.17, 15) is 4.79 Å². The van der Waals surface area contributed by atoms with Gasteiger partial charge < -0.3 is 18.9 Å². The third-order valence-electron chi connectivity index (χ3n) is 5.67. The Bertz CT molecular complexity index is 898. The molecule has 0 radical (unpaired) electrons. The van der Waals surface area contributed by atoms with Gasteiger partial charge in [-0.3, -0.25) is 4.79 Å². The summed E-state index contributed by atoms with van der Waals surface area (Å²) in [4.78, 5) is 12.2. The number of methoxy groups -OCH3 is 2. The molecular weight excluding hydrogens is 356 g/mol. The molecule has 0 atom stereocenters. The van der Waals surface area contributed by atoms with Crippen LogP contribution in [0.1, 0.15) is 27.9 Å². The van der Waals surface area contributed by atoms with E-state index in [4.69, 9.17) is 18.9 Å². The van der Waals surface area contributed by atoms with Crippen molar-refractivity contribution in [1.29, 1.82) is 0 Å². The lowest BCUT2D eigenvalue weighted by molar-refractivity contribution is -0.159. The lowest BCUT2D eigenvalue weighted by Crippen LogP contribution is -2.50. The molecule has 0 N–H and O–H groups in total. The van der Waals surface area contributed by atoms with Gasteiger partial charge in [0.15, 0.2) is 17.3 Å². The smallest absolute Gasteiger partial charge is 0.169 e. The third kappa shape index (κ3) is 3.19. The fourth-order valence-electron chi connectivity index (χ4n) is 4.14. The molecule has 148 valence electrons. The quantitative estimate of drug-likeness (QED) is 0.728. The summed E-state index contributed by atoms with van der Waals surface area (Å²) in [7, 11) is 3.36. The maximum Gasteiger partial charge on any atom is 0.169 e. The molecule has 0 spiro atoms. The van der Waals surface area contributed by atoms with Crippen LogP contribution >= 0.6 is 0 Å². The second-order valence-corrected chi connectivity index (χ2v) is 7.76. The minimum absolute atomic E-state index is 0.130. The van der Waals surface area contributed by atoms with Crippen molar-refractivity contribution < 1.29 is 23.7 Å². The summed E-state index contributed by atoms with van der Waals surface area (Å²) >= 11 is 0. The van der Waals surface area contributed by atoms with Gasteiger partial charge in [-0.05, 0) is 30.0 Å². The summed E-state index contributed by atoms with van der Waals surface area (Å²) in [5, 5.41) is 0. The SMILES string of the molecule is COCC1(COc2c(-c3cccc4c3CCC4=O)ccc(C)c2OC)COC1. The van der Waals surface area contributed by atoms with Crippen molar-refractivity contribution in [3.63, 3.8) is 0 Å². The van der Waals surface area contributed by atoms with E-state index in [1.54, 1.807) is 14.2 Å². The number of rotatable bonds is 7. The number of Topliss-reactive ketones (excluding diaryl/α,β-unsaturated/α-hetero) is 1. The maximum absolute atomic E-state index is 12.2. The summed E-state index contributed by atoms with van der Waals surface area (Å²) in [5.74, 6) is 1.66. The number of hydrogen-bond donors (Lipinski definition) is 0. The highest BCUT2D eigenvalue weighted by atomic mass is 16.5. The molecule has 0 aromatic heterocycles. The highest BCUT2D eigenvalue weighted by Gasteiger charge is 2.40. The van der Waals surface area contributed by atoms with Gasteiger partial charge in [-0.25, -0.2) is 0 Å². The van der Waals surface area contributed by atoms with Crippen LogP contribution in [0.15, 0.2) is 30.3 Å². The van der Waals surface area contributed by atoms with Crippen molar-refractivity contribution in [2.45, 2.75) is 19.8 Å². The Morgan fingerprint density at radius 3 is 2.43 bits per heavy atom. The average Bonchev–Trinajstić information content (AvgIpc) is 3.05. The van der Waals surface area contributed by atoms with Crippen LogP contribution < -0.4 is 9.47 Å². The van der Waals surface area contributed by atoms with Crippen molar-refractivity contribution in [3.8, 4) is 22.6 Å². The van der Waals surface area contributed by atoms with Gasteiger partial charge in [0.25, 0.3) is 0 Å². The largest absolute Gasteiger partial charge is 0.493 e. The molecule has 28 heavy (non-hydrogen) atoms. The van der Waals surface area contributed by atoms with Crippen LogP contribution in [-0.2, 0) is 15.9 Å². The summed E-state index contributed by atoms with van der Waals surface area (Å²) in [6, 6.07) is 10.0. The number of ether oxygens (including phenoxy) is 4. The van der Waals surface area contributed by atoms with Gasteiger partial charge in [0.05, 0.1) is 32.3 Å². The van der Waals surface area contributed by atoms with Gasteiger partial charge in [0.1, 0.15) is 6.61 Å². The van der Waals surface area contributed by atoms with Gasteiger partial charge >= 0.3 is 0 Å². The first kappa shape index (κ1) is 19.0. The lowest BCUT2D eigenvalue weighted by Gasteiger charge is -2.40. The van der Waals surface area contributed by atoms with Crippen molar-refractivity contribution in [3.05, 3.63) is 47.0 Å². The molecule has 5 nitrogen and oxygen atoms in total. The van der Waals surface area contributed by atoms with Gasteiger partial charge in [-0.2, -0.15) is 0 Å². The number of fused-ring (bicyclic) bond motifs is 1.